The van der Waals surface area contributed by atoms with E-state index >= 15 is 0 Å². The Kier molecular flexibility index (Phi) is 12.0. The number of carbonyl (C=O) groups excluding carboxylic acids is 2. The van der Waals surface area contributed by atoms with Crippen LogP contribution in [0.3, 0.4) is 0 Å². The Morgan fingerprint density at radius 1 is 0.951 bits per heavy atom. The molecule has 0 fully saturated rings. The predicted octanol–water partition coefficient (Wildman–Crippen LogP) is 5.86. The molecule has 0 aromatic heterocycles. The molecule has 0 unspecified atom stereocenters. The van der Waals surface area contributed by atoms with Crippen molar-refractivity contribution in [3.05, 3.63) is 100 Å². The first-order valence-electron chi connectivity index (χ1n) is 13.9. The van der Waals surface area contributed by atoms with Crippen molar-refractivity contribution in [1.29, 1.82) is 0 Å². The molecule has 3 aromatic rings. The lowest BCUT2D eigenvalue weighted by Crippen LogP contribution is -2.52. The number of halogens is 1. The second-order valence-electron chi connectivity index (χ2n) is 10.5. The summed E-state index contributed by atoms with van der Waals surface area (Å²) in [5.74, 6) is -0.410. The molecule has 0 aliphatic rings. The Bertz CT molecular complexity index is 1420. The topological polar surface area (TPSA) is 86.8 Å². The largest absolute Gasteiger partial charge is 0.352 e. The van der Waals surface area contributed by atoms with E-state index in [0.29, 0.717) is 18.5 Å². The molecular weight excluding hydrogens is 602 g/mol. The van der Waals surface area contributed by atoms with E-state index in [1.54, 1.807) is 11.0 Å². The third kappa shape index (κ3) is 10.0. The fourth-order valence-electron chi connectivity index (χ4n) is 4.61. The molecule has 220 valence electrons. The number of amides is 2. The van der Waals surface area contributed by atoms with Crippen LogP contribution < -0.4 is 9.62 Å². The molecular formula is C32H40BrN3O4S. The summed E-state index contributed by atoms with van der Waals surface area (Å²) in [6.45, 7) is 6.26. The van der Waals surface area contributed by atoms with Gasteiger partial charge < -0.3 is 10.2 Å². The quantitative estimate of drug-likeness (QED) is 0.239. The molecule has 0 bridgehead atoms. The van der Waals surface area contributed by atoms with Crippen molar-refractivity contribution in [2.24, 2.45) is 0 Å². The van der Waals surface area contributed by atoms with Crippen LogP contribution in [0.1, 0.15) is 49.8 Å². The molecule has 0 spiro atoms. The van der Waals surface area contributed by atoms with E-state index < -0.39 is 16.1 Å². The maximum atomic E-state index is 13.9. The van der Waals surface area contributed by atoms with Gasteiger partial charge in [-0.25, -0.2) is 8.42 Å². The number of benzene rings is 3. The minimum atomic E-state index is -3.55. The number of nitrogens with one attached hydrogen (secondary N) is 1. The van der Waals surface area contributed by atoms with Crippen molar-refractivity contribution < 1.29 is 18.0 Å². The third-order valence-corrected chi connectivity index (χ3v) is 8.64. The Balaban J connectivity index is 1.89. The maximum absolute atomic E-state index is 13.9. The smallest absolute Gasteiger partial charge is 0.243 e. The molecule has 7 nitrogen and oxygen atoms in total. The van der Waals surface area contributed by atoms with E-state index in [1.165, 1.54) is 10.6 Å². The van der Waals surface area contributed by atoms with E-state index in [9.17, 15) is 18.0 Å². The van der Waals surface area contributed by atoms with Gasteiger partial charge in [-0.3, -0.25) is 13.9 Å². The second kappa shape index (κ2) is 15.2. The normalized spacial score (nSPS) is 12.8. The van der Waals surface area contributed by atoms with Crippen LogP contribution in [0.5, 0.6) is 0 Å². The van der Waals surface area contributed by atoms with Gasteiger partial charge in [-0.15, -0.1) is 0 Å². The summed E-state index contributed by atoms with van der Waals surface area (Å²) < 4.78 is 27.5. The molecule has 0 aliphatic carbocycles. The number of aryl methyl sites for hydroxylation is 1. The average Bonchev–Trinajstić information content (AvgIpc) is 2.92. The first-order valence-corrected chi connectivity index (χ1v) is 16.5. The van der Waals surface area contributed by atoms with Crippen LogP contribution in [0.4, 0.5) is 5.69 Å². The summed E-state index contributed by atoms with van der Waals surface area (Å²) >= 11 is 3.51. The van der Waals surface area contributed by atoms with E-state index in [1.807, 2.05) is 93.6 Å². The van der Waals surface area contributed by atoms with E-state index in [2.05, 4.69) is 21.2 Å². The van der Waals surface area contributed by atoms with Gasteiger partial charge in [0.05, 0.1) is 11.9 Å². The monoisotopic (exact) mass is 641 g/mol. The number of sulfonamides is 1. The van der Waals surface area contributed by atoms with Gasteiger partial charge in [0, 0.05) is 36.4 Å². The lowest BCUT2D eigenvalue weighted by Gasteiger charge is -2.33. The molecule has 3 rings (SSSR count). The van der Waals surface area contributed by atoms with Gasteiger partial charge in [-0.05, 0) is 67.6 Å². The maximum Gasteiger partial charge on any atom is 0.243 e. The van der Waals surface area contributed by atoms with Gasteiger partial charge >= 0.3 is 0 Å². The fourth-order valence-corrected chi connectivity index (χ4v) is 6.02. The lowest BCUT2D eigenvalue weighted by atomic mass is 10.0. The van der Waals surface area contributed by atoms with E-state index in [4.69, 9.17) is 0 Å². The van der Waals surface area contributed by atoms with Crippen LogP contribution >= 0.6 is 15.9 Å². The summed E-state index contributed by atoms with van der Waals surface area (Å²) in [5, 5.41) is 3.07. The van der Waals surface area contributed by atoms with Crippen LogP contribution in [0.2, 0.25) is 0 Å². The van der Waals surface area contributed by atoms with Gasteiger partial charge in [0.1, 0.15) is 6.04 Å². The summed E-state index contributed by atoms with van der Waals surface area (Å²) in [6.07, 6.45) is 2.70. The van der Waals surface area contributed by atoms with Gasteiger partial charge in [0.15, 0.2) is 0 Å². The Morgan fingerprint density at radius 2 is 1.63 bits per heavy atom. The van der Waals surface area contributed by atoms with Crippen molar-refractivity contribution in [1.82, 2.24) is 10.2 Å². The van der Waals surface area contributed by atoms with Crippen LogP contribution in [0.15, 0.2) is 83.3 Å². The van der Waals surface area contributed by atoms with E-state index in [-0.39, 0.29) is 37.4 Å². The molecule has 2 amide bonds. The average molecular weight is 643 g/mol. The van der Waals surface area contributed by atoms with Crippen LogP contribution in [-0.2, 0) is 32.6 Å². The molecule has 41 heavy (non-hydrogen) atoms. The second-order valence-corrected chi connectivity index (χ2v) is 13.3. The molecule has 0 aliphatic heterocycles. The highest BCUT2D eigenvalue weighted by atomic mass is 79.9. The summed E-state index contributed by atoms with van der Waals surface area (Å²) in [7, 11) is -3.55. The molecule has 2 atom stereocenters. The van der Waals surface area contributed by atoms with Crippen molar-refractivity contribution >= 4 is 43.5 Å². The predicted molar refractivity (Wildman–Crippen MR) is 169 cm³/mol. The summed E-state index contributed by atoms with van der Waals surface area (Å²) in [6, 6.07) is 23.9. The third-order valence-electron chi connectivity index (χ3n) is 6.96. The molecule has 0 heterocycles. The Labute approximate surface area is 253 Å². The van der Waals surface area contributed by atoms with E-state index in [0.717, 1.165) is 27.6 Å². The minimum absolute atomic E-state index is 0.0405. The lowest BCUT2D eigenvalue weighted by molar-refractivity contribution is -0.141. The number of hydrogen-bond acceptors (Lipinski definition) is 4. The number of hydrogen-bond donors (Lipinski definition) is 1. The van der Waals surface area contributed by atoms with Crippen LogP contribution in [0.25, 0.3) is 0 Å². The highest BCUT2D eigenvalue weighted by Crippen LogP contribution is 2.22. The van der Waals surface area contributed by atoms with Gasteiger partial charge in [0.25, 0.3) is 0 Å². The first kappa shape index (κ1) is 32.3. The van der Waals surface area contributed by atoms with Gasteiger partial charge in [0.2, 0.25) is 21.8 Å². The zero-order chi connectivity index (χ0) is 30.0. The highest BCUT2D eigenvalue weighted by Gasteiger charge is 2.31. The molecule has 3 aromatic carbocycles. The van der Waals surface area contributed by atoms with Crippen molar-refractivity contribution in [3.63, 3.8) is 0 Å². The van der Waals surface area contributed by atoms with Gasteiger partial charge in [-0.1, -0.05) is 77.5 Å². The Morgan fingerprint density at radius 3 is 2.27 bits per heavy atom. The van der Waals surface area contributed by atoms with Crippen LogP contribution in [-0.4, -0.2) is 50.0 Å². The standard InChI is InChI=1S/C32H40BrN3O4S/c1-5-25(3)34-32(38)30(22-26-13-7-6-8-14-26)35(23-27-15-10-16-28(33)21-27)31(37)18-11-19-36(41(4,39)40)29-17-9-12-24(2)20-29/h6-10,12-17,20-21,25,30H,5,11,18-19,22-23H2,1-4H3,(H,34,38)/t25-,30-/m1/s1. The molecule has 0 radical (unpaired) electrons. The number of anilines is 1. The SMILES string of the molecule is CC[C@@H](C)NC(=O)[C@@H](Cc1ccccc1)N(Cc1cccc(Br)c1)C(=O)CCCN(c1cccc(C)c1)S(C)(=O)=O. The summed E-state index contributed by atoms with van der Waals surface area (Å²) in [4.78, 5) is 29.2. The minimum Gasteiger partial charge on any atom is -0.352 e. The van der Waals surface area contributed by atoms with Crippen molar-refractivity contribution in [2.45, 2.75) is 65.1 Å². The summed E-state index contributed by atoms with van der Waals surface area (Å²) in [5.41, 5.74) is 3.36. The Hall–Kier alpha value is -3.17. The fraction of sp³-hybridized carbons (Fsp3) is 0.375. The number of rotatable bonds is 14. The van der Waals surface area contributed by atoms with Gasteiger partial charge in [-0.2, -0.15) is 0 Å². The zero-order valence-corrected chi connectivity index (χ0v) is 26.6. The molecule has 0 saturated carbocycles. The molecule has 9 heteroatoms. The molecule has 0 saturated heterocycles. The highest BCUT2D eigenvalue weighted by molar-refractivity contribution is 9.10. The number of carbonyl (C=O) groups is 2. The zero-order valence-electron chi connectivity index (χ0n) is 24.2. The van der Waals surface area contributed by atoms with Crippen molar-refractivity contribution in [3.8, 4) is 0 Å². The number of nitrogens with zero attached hydrogens (tertiary/aromatic N) is 2. The van der Waals surface area contributed by atoms with Crippen LogP contribution in [0, 0.1) is 6.92 Å². The first-order chi connectivity index (χ1) is 19.5. The molecule has 1 N–H and O–H groups in total. The van der Waals surface area contributed by atoms with Crippen molar-refractivity contribution in [2.75, 3.05) is 17.1 Å².